The molecule has 2 aromatic rings. The van der Waals surface area contributed by atoms with Crippen molar-refractivity contribution in [2.45, 2.75) is 32.9 Å². The number of amides is 2. The molecule has 2 atom stereocenters. The van der Waals surface area contributed by atoms with Crippen molar-refractivity contribution in [2.24, 2.45) is 11.8 Å². The van der Waals surface area contributed by atoms with Crippen LogP contribution in [0.15, 0.2) is 42.7 Å². The van der Waals surface area contributed by atoms with E-state index < -0.39 is 0 Å². The molecule has 7 heteroatoms. The van der Waals surface area contributed by atoms with E-state index in [1.165, 1.54) is 0 Å². The standard InChI is InChI=1S/C23H27N3O4/c1-15(2)22(17-3-4-19-20(11-17)30-10-9-29-19)25-23(28)18-12-21(27)26(14-18)13-16-5-7-24-8-6-16/h3-8,11,15,18,22H,9-10,12-14H2,1-2H3,(H,25,28)/t18-,22+/m0/s1. The van der Waals surface area contributed by atoms with Gasteiger partial charge in [-0.05, 0) is 41.3 Å². The molecule has 0 spiro atoms. The van der Waals surface area contributed by atoms with E-state index in [0.717, 1.165) is 16.9 Å². The second kappa shape index (κ2) is 8.73. The number of hydrogen-bond donors (Lipinski definition) is 1. The molecule has 7 nitrogen and oxygen atoms in total. The van der Waals surface area contributed by atoms with Gasteiger partial charge in [-0.15, -0.1) is 0 Å². The van der Waals surface area contributed by atoms with Crippen molar-refractivity contribution in [3.63, 3.8) is 0 Å². The summed E-state index contributed by atoms with van der Waals surface area (Å²) in [7, 11) is 0. The van der Waals surface area contributed by atoms with Crippen molar-refractivity contribution in [3.8, 4) is 11.5 Å². The number of ether oxygens (including phenoxy) is 2. The molecule has 4 rings (SSSR count). The maximum Gasteiger partial charge on any atom is 0.225 e. The van der Waals surface area contributed by atoms with Crippen LogP contribution in [0.25, 0.3) is 0 Å². The van der Waals surface area contributed by atoms with E-state index in [-0.39, 0.29) is 36.1 Å². The lowest BCUT2D eigenvalue weighted by molar-refractivity contribution is -0.129. The van der Waals surface area contributed by atoms with Crippen molar-refractivity contribution >= 4 is 11.8 Å². The first-order valence-corrected chi connectivity index (χ1v) is 10.4. The maximum atomic E-state index is 13.0. The second-order valence-electron chi connectivity index (χ2n) is 8.16. The fourth-order valence-corrected chi connectivity index (χ4v) is 3.97. The third-order valence-corrected chi connectivity index (χ3v) is 5.60. The third kappa shape index (κ3) is 4.40. The lowest BCUT2D eigenvalue weighted by Crippen LogP contribution is -2.37. The number of fused-ring (bicyclic) bond motifs is 1. The van der Waals surface area contributed by atoms with E-state index in [0.29, 0.717) is 32.1 Å². The Balaban J connectivity index is 1.43. The Labute approximate surface area is 176 Å². The summed E-state index contributed by atoms with van der Waals surface area (Å²) < 4.78 is 11.3. The molecular weight excluding hydrogens is 382 g/mol. The molecule has 0 radical (unpaired) electrons. The molecule has 3 heterocycles. The monoisotopic (exact) mass is 409 g/mol. The molecule has 1 N–H and O–H groups in total. The smallest absolute Gasteiger partial charge is 0.225 e. The zero-order chi connectivity index (χ0) is 21.1. The Morgan fingerprint density at radius 1 is 1.17 bits per heavy atom. The van der Waals surface area contributed by atoms with Gasteiger partial charge in [0, 0.05) is 31.9 Å². The molecule has 158 valence electrons. The van der Waals surface area contributed by atoms with E-state index >= 15 is 0 Å². The molecule has 0 saturated carbocycles. The van der Waals surface area contributed by atoms with Crippen LogP contribution < -0.4 is 14.8 Å². The molecule has 1 fully saturated rings. The van der Waals surface area contributed by atoms with Crippen molar-refractivity contribution in [3.05, 3.63) is 53.9 Å². The Kier molecular flexibility index (Phi) is 5.88. The largest absolute Gasteiger partial charge is 0.486 e. The Morgan fingerprint density at radius 3 is 2.63 bits per heavy atom. The zero-order valence-electron chi connectivity index (χ0n) is 17.3. The van der Waals surface area contributed by atoms with E-state index in [1.54, 1.807) is 17.3 Å². The summed E-state index contributed by atoms with van der Waals surface area (Å²) in [6, 6.07) is 9.40. The number of likely N-dealkylation sites (tertiary alicyclic amines) is 1. The normalized spacial score (nSPS) is 19.1. The van der Waals surface area contributed by atoms with Gasteiger partial charge in [-0.25, -0.2) is 0 Å². The fourth-order valence-electron chi connectivity index (χ4n) is 3.97. The van der Waals surface area contributed by atoms with Crippen molar-refractivity contribution in [2.75, 3.05) is 19.8 Å². The third-order valence-electron chi connectivity index (χ3n) is 5.60. The topological polar surface area (TPSA) is 80.8 Å². The summed E-state index contributed by atoms with van der Waals surface area (Å²) in [5.41, 5.74) is 1.98. The van der Waals surface area contributed by atoms with Gasteiger partial charge in [-0.2, -0.15) is 0 Å². The van der Waals surface area contributed by atoms with Gasteiger partial charge in [0.05, 0.1) is 12.0 Å². The second-order valence-corrected chi connectivity index (χ2v) is 8.16. The lowest BCUT2D eigenvalue weighted by atomic mass is 9.94. The zero-order valence-corrected chi connectivity index (χ0v) is 17.3. The number of carbonyl (C=O) groups excluding carboxylic acids is 2. The first-order valence-electron chi connectivity index (χ1n) is 10.4. The predicted octanol–water partition coefficient (Wildman–Crippen LogP) is 2.71. The number of rotatable bonds is 6. The van der Waals surface area contributed by atoms with Crippen LogP contribution in [0, 0.1) is 11.8 Å². The van der Waals surface area contributed by atoms with E-state index in [4.69, 9.17) is 9.47 Å². The number of pyridine rings is 1. The van der Waals surface area contributed by atoms with E-state index in [2.05, 4.69) is 24.1 Å². The van der Waals surface area contributed by atoms with Crippen LogP contribution in [0.3, 0.4) is 0 Å². The highest BCUT2D eigenvalue weighted by atomic mass is 16.6. The SMILES string of the molecule is CC(C)[C@@H](NC(=O)[C@H]1CC(=O)N(Cc2ccncc2)C1)c1ccc2c(c1)OCCO2. The Morgan fingerprint density at radius 2 is 1.90 bits per heavy atom. The highest BCUT2D eigenvalue weighted by Gasteiger charge is 2.35. The van der Waals surface area contributed by atoms with Gasteiger partial charge in [0.25, 0.3) is 0 Å². The molecule has 30 heavy (non-hydrogen) atoms. The quantitative estimate of drug-likeness (QED) is 0.794. The number of hydrogen-bond acceptors (Lipinski definition) is 5. The van der Waals surface area contributed by atoms with Crippen LogP contribution in [0.2, 0.25) is 0 Å². The maximum absolute atomic E-state index is 13.0. The minimum absolute atomic E-state index is 0.00684. The summed E-state index contributed by atoms with van der Waals surface area (Å²) in [4.78, 5) is 31.2. The van der Waals surface area contributed by atoms with Crippen LogP contribution in [0.1, 0.15) is 37.4 Å². The number of benzene rings is 1. The molecule has 2 amide bonds. The average Bonchev–Trinajstić information content (AvgIpc) is 3.12. The van der Waals surface area contributed by atoms with Crippen molar-refractivity contribution in [1.29, 1.82) is 0 Å². The minimum Gasteiger partial charge on any atom is -0.486 e. The molecule has 1 aromatic heterocycles. The van der Waals surface area contributed by atoms with Gasteiger partial charge in [-0.1, -0.05) is 19.9 Å². The number of nitrogens with zero attached hydrogens (tertiary/aromatic N) is 2. The van der Waals surface area contributed by atoms with Crippen LogP contribution in [-0.2, 0) is 16.1 Å². The molecule has 0 aliphatic carbocycles. The average molecular weight is 409 g/mol. The molecular formula is C23H27N3O4. The Hall–Kier alpha value is -3.09. The lowest BCUT2D eigenvalue weighted by Gasteiger charge is -2.26. The summed E-state index contributed by atoms with van der Waals surface area (Å²) in [5, 5.41) is 3.16. The van der Waals surface area contributed by atoms with E-state index in [9.17, 15) is 9.59 Å². The van der Waals surface area contributed by atoms with Gasteiger partial charge >= 0.3 is 0 Å². The Bertz CT molecular complexity index is 916. The first kappa shape index (κ1) is 20.2. The summed E-state index contributed by atoms with van der Waals surface area (Å²) in [6.07, 6.45) is 3.66. The molecule has 0 unspecified atom stereocenters. The van der Waals surface area contributed by atoms with Crippen molar-refractivity contribution < 1.29 is 19.1 Å². The van der Waals surface area contributed by atoms with Crippen molar-refractivity contribution in [1.82, 2.24) is 15.2 Å². The highest BCUT2D eigenvalue weighted by Crippen LogP contribution is 2.34. The van der Waals surface area contributed by atoms with Gasteiger partial charge in [-0.3, -0.25) is 14.6 Å². The number of carbonyl (C=O) groups is 2. The van der Waals surface area contributed by atoms with Gasteiger partial charge in [0.1, 0.15) is 13.2 Å². The van der Waals surface area contributed by atoms with Crippen LogP contribution >= 0.6 is 0 Å². The van der Waals surface area contributed by atoms with Crippen LogP contribution in [0.5, 0.6) is 11.5 Å². The molecule has 2 aliphatic rings. The van der Waals surface area contributed by atoms with Gasteiger partial charge in [0.15, 0.2) is 11.5 Å². The number of nitrogens with one attached hydrogen (secondary N) is 1. The van der Waals surface area contributed by atoms with E-state index in [1.807, 2.05) is 30.3 Å². The summed E-state index contributed by atoms with van der Waals surface area (Å²) in [6.45, 7) is 6.13. The molecule has 1 aromatic carbocycles. The number of aromatic nitrogens is 1. The molecule has 0 bridgehead atoms. The molecule has 2 aliphatic heterocycles. The summed E-state index contributed by atoms with van der Waals surface area (Å²) >= 11 is 0. The first-order chi connectivity index (χ1) is 14.5. The van der Waals surface area contributed by atoms with Gasteiger partial charge < -0.3 is 19.7 Å². The van der Waals surface area contributed by atoms with Crippen LogP contribution in [0.4, 0.5) is 0 Å². The van der Waals surface area contributed by atoms with Gasteiger partial charge in [0.2, 0.25) is 11.8 Å². The predicted molar refractivity (Wildman–Crippen MR) is 111 cm³/mol. The van der Waals surface area contributed by atoms with Crippen LogP contribution in [-0.4, -0.2) is 41.5 Å². The summed E-state index contributed by atoms with van der Waals surface area (Å²) in [5.74, 6) is 1.19. The minimum atomic E-state index is -0.349. The fraction of sp³-hybridized carbons (Fsp3) is 0.435. The highest BCUT2D eigenvalue weighted by molar-refractivity contribution is 5.89. The molecule has 1 saturated heterocycles.